The van der Waals surface area contributed by atoms with Gasteiger partial charge in [-0.25, -0.2) is 0 Å². The van der Waals surface area contributed by atoms with Gasteiger partial charge in [-0.1, -0.05) is 35.5 Å². The Morgan fingerprint density at radius 2 is 1.96 bits per heavy atom. The normalized spacial score (nSPS) is 16.2. The number of hydrogen-bond acceptors (Lipinski definition) is 4. The topological polar surface area (TPSA) is 59.9 Å². The van der Waals surface area contributed by atoms with E-state index in [1.54, 1.807) is 7.11 Å². The zero-order chi connectivity index (χ0) is 16.8. The van der Waals surface area contributed by atoms with E-state index in [0.29, 0.717) is 13.0 Å². The van der Waals surface area contributed by atoms with E-state index in [0.717, 1.165) is 23.4 Å². The fraction of sp³-hybridized carbons (Fsp3) is 0.263. The molecule has 5 heteroatoms. The molecule has 0 radical (unpaired) electrons. The fourth-order valence-corrected chi connectivity index (χ4v) is 2.56. The summed E-state index contributed by atoms with van der Waals surface area (Å²) in [6.45, 7) is 0.584. The number of nitrogens with one attached hydrogen (secondary N) is 1. The van der Waals surface area contributed by atoms with Gasteiger partial charge in [0.1, 0.15) is 5.75 Å². The molecule has 0 aliphatic carbocycles. The number of methoxy groups -OCH3 is 1. The maximum Gasteiger partial charge on any atom is 0.264 e. The molecule has 5 nitrogen and oxygen atoms in total. The first-order valence-electron chi connectivity index (χ1n) is 7.95. The van der Waals surface area contributed by atoms with Crippen LogP contribution in [0.1, 0.15) is 17.5 Å². The van der Waals surface area contributed by atoms with Gasteiger partial charge >= 0.3 is 0 Å². The maximum atomic E-state index is 12.2. The molecule has 0 fully saturated rings. The summed E-state index contributed by atoms with van der Waals surface area (Å²) in [5.74, 6) is 0.659. The van der Waals surface area contributed by atoms with Crippen molar-refractivity contribution in [1.82, 2.24) is 5.32 Å². The van der Waals surface area contributed by atoms with Crippen LogP contribution >= 0.6 is 0 Å². The second-order valence-corrected chi connectivity index (χ2v) is 5.59. The van der Waals surface area contributed by atoms with Gasteiger partial charge in [0.25, 0.3) is 5.91 Å². The highest BCUT2D eigenvalue weighted by molar-refractivity contribution is 6.04. The van der Waals surface area contributed by atoms with E-state index < -0.39 is 6.10 Å². The minimum absolute atomic E-state index is 0.127. The van der Waals surface area contributed by atoms with Crippen LogP contribution in [0.2, 0.25) is 0 Å². The third-order valence-electron chi connectivity index (χ3n) is 3.94. The van der Waals surface area contributed by atoms with Crippen LogP contribution in [0.5, 0.6) is 5.75 Å². The molecule has 1 N–H and O–H groups in total. The molecule has 0 unspecified atom stereocenters. The van der Waals surface area contributed by atoms with Gasteiger partial charge in [-0.2, -0.15) is 0 Å². The van der Waals surface area contributed by atoms with Crippen molar-refractivity contribution in [3.05, 3.63) is 65.7 Å². The lowest BCUT2D eigenvalue weighted by atomic mass is 10.0. The van der Waals surface area contributed by atoms with Crippen LogP contribution in [0.4, 0.5) is 0 Å². The van der Waals surface area contributed by atoms with Gasteiger partial charge in [0.05, 0.1) is 12.8 Å². The third-order valence-corrected chi connectivity index (χ3v) is 3.94. The highest BCUT2D eigenvalue weighted by atomic mass is 16.6. The first-order valence-corrected chi connectivity index (χ1v) is 7.95. The van der Waals surface area contributed by atoms with E-state index in [4.69, 9.17) is 9.57 Å². The fourth-order valence-electron chi connectivity index (χ4n) is 2.56. The van der Waals surface area contributed by atoms with Crippen LogP contribution in [0.25, 0.3) is 0 Å². The Morgan fingerprint density at radius 3 is 2.67 bits per heavy atom. The smallest absolute Gasteiger partial charge is 0.264 e. The summed E-state index contributed by atoms with van der Waals surface area (Å²) < 4.78 is 5.14. The van der Waals surface area contributed by atoms with Crippen molar-refractivity contribution in [2.24, 2.45) is 5.16 Å². The van der Waals surface area contributed by atoms with Gasteiger partial charge in [-0.15, -0.1) is 0 Å². The SMILES string of the molecule is COc1ccc(C2=NO[C@H](C(=O)NCCc3ccccc3)C2)cc1. The molecule has 1 aliphatic rings. The van der Waals surface area contributed by atoms with E-state index in [2.05, 4.69) is 10.5 Å². The Kier molecular flexibility index (Phi) is 5.11. The molecule has 0 bridgehead atoms. The second kappa shape index (κ2) is 7.64. The predicted octanol–water partition coefficient (Wildman–Crippen LogP) is 2.55. The largest absolute Gasteiger partial charge is 0.497 e. The highest BCUT2D eigenvalue weighted by Gasteiger charge is 2.28. The lowest BCUT2D eigenvalue weighted by Gasteiger charge is -2.09. The van der Waals surface area contributed by atoms with Gasteiger partial charge in [0.15, 0.2) is 0 Å². The quantitative estimate of drug-likeness (QED) is 0.888. The number of oxime groups is 1. The molecular weight excluding hydrogens is 304 g/mol. The summed E-state index contributed by atoms with van der Waals surface area (Å²) in [7, 11) is 1.63. The Labute approximate surface area is 141 Å². The minimum Gasteiger partial charge on any atom is -0.497 e. The third kappa shape index (κ3) is 3.93. The van der Waals surface area contributed by atoms with Crippen LogP contribution in [-0.4, -0.2) is 31.4 Å². The van der Waals surface area contributed by atoms with Gasteiger partial charge in [0, 0.05) is 13.0 Å². The van der Waals surface area contributed by atoms with Crippen molar-refractivity contribution in [1.29, 1.82) is 0 Å². The monoisotopic (exact) mass is 324 g/mol. The predicted molar refractivity (Wildman–Crippen MR) is 92.2 cm³/mol. The van der Waals surface area contributed by atoms with Crippen molar-refractivity contribution in [3.63, 3.8) is 0 Å². The molecule has 1 atom stereocenters. The number of amides is 1. The number of rotatable bonds is 6. The number of carbonyl (C=O) groups is 1. The van der Waals surface area contributed by atoms with Gasteiger partial charge < -0.3 is 14.9 Å². The number of carbonyl (C=O) groups excluding carboxylic acids is 1. The second-order valence-electron chi connectivity index (χ2n) is 5.59. The van der Waals surface area contributed by atoms with Crippen molar-refractivity contribution in [2.75, 3.05) is 13.7 Å². The average molecular weight is 324 g/mol. The van der Waals surface area contributed by atoms with Crippen molar-refractivity contribution in [2.45, 2.75) is 18.9 Å². The zero-order valence-electron chi connectivity index (χ0n) is 13.6. The van der Waals surface area contributed by atoms with E-state index in [1.165, 1.54) is 5.56 Å². The van der Waals surface area contributed by atoms with E-state index in [-0.39, 0.29) is 5.91 Å². The molecular formula is C19H20N2O3. The Balaban J connectivity index is 1.48. The van der Waals surface area contributed by atoms with Crippen molar-refractivity contribution < 1.29 is 14.4 Å². The maximum absolute atomic E-state index is 12.2. The number of benzene rings is 2. The van der Waals surface area contributed by atoms with Crippen LogP contribution in [0.3, 0.4) is 0 Å². The molecule has 0 aromatic heterocycles. The van der Waals surface area contributed by atoms with Crippen molar-refractivity contribution in [3.8, 4) is 5.75 Å². The first-order chi connectivity index (χ1) is 11.8. The molecule has 3 rings (SSSR count). The lowest BCUT2D eigenvalue weighted by Crippen LogP contribution is -2.36. The summed E-state index contributed by atoms with van der Waals surface area (Å²) in [5, 5.41) is 6.95. The Bertz CT molecular complexity index is 711. The molecule has 0 spiro atoms. The van der Waals surface area contributed by atoms with E-state index in [1.807, 2.05) is 54.6 Å². The van der Waals surface area contributed by atoms with Crippen LogP contribution in [0.15, 0.2) is 59.8 Å². The zero-order valence-corrected chi connectivity index (χ0v) is 13.6. The molecule has 2 aromatic rings. The van der Waals surface area contributed by atoms with Gasteiger partial charge in [-0.3, -0.25) is 4.79 Å². The molecule has 1 aliphatic heterocycles. The summed E-state index contributed by atoms with van der Waals surface area (Å²) in [6.07, 6.45) is 0.715. The Morgan fingerprint density at radius 1 is 1.21 bits per heavy atom. The highest BCUT2D eigenvalue weighted by Crippen LogP contribution is 2.19. The molecule has 124 valence electrons. The summed E-state index contributed by atoms with van der Waals surface area (Å²) in [6, 6.07) is 17.6. The van der Waals surface area contributed by atoms with Gasteiger partial charge in [0.2, 0.25) is 6.10 Å². The van der Waals surface area contributed by atoms with E-state index in [9.17, 15) is 4.79 Å². The Hall–Kier alpha value is -2.82. The summed E-state index contributed by atoms with van der Waals surface area (Å²) in [5.41, 5.74) is 2.91. The number of nitrogens with zero attached hydrogens (tertiary/aromatic N) is 1. The number of hydrogen-bond donors (Lipinski definition) is 1. The molecule has 24 heavy (non-hydrogen) atoms. The molecule has 2 aromatic carbocycles. The van der Waals surface area contributed by atoms with Crippen molar-refractivity contribution >= 4 is 11.6 Å². The van der Waals surface area contributed by atoms with E-state index >= 15 is 0 Å². The van der Waals surface area contributed by atoms with Crippen LogP contribution in [-0.2, 0) is 16.1 Å². The summed E-state index contributed by atoms with van der Waals surface area (Å²) in [4.78, 5) is 17.5. The molecule has 0 saturated heterocycles. The van der Waals surface area contributed by atoms with Crippen LogP contribution < -0.4 is 10.1 Å². The summed E-state index contributed by atoms with van der Waals surface area (Å²) >= 11 is 0. The van der Waals surface area contributed by atoms with Crippen LogP contribution in [0, 0.1) is 0 Å². The number of ether oxygens (including phenoxy) is 1. The molecule has 0 saturated carbocycles. The van der Waals surface area contributed by atoms with Gasteiger partial charge in [-0.05, 0) is 41.8 Å². The standard InChI is InChI=1S/C19H20N2O3/c1-23-16-9-7-15(8-10-16)17-13-18(24-21-17)19(22)20-12-11-14-5-3-2-4-6-14/h2-10,18H,11-13H2,1H3,(H,20,22)/t18-/m0/s1. The first kappa shape index (κ1) is 16.1. The molecule has 1 amide bonds. The molecule has 1 heterocycles. The average Bonchev–Trinajstić information content (AvgIpc) is 3.13. The minimum atomic E-state index is -0.558. The lowest BCUT2D eigenvalue weighted by molar-refractivity contribution is -0.131.